The fourth-order valence-electron chi connectivity index (χ4n) is 2.13. The molecule has 0 spiro atoms. The van der Waals surface area contributed by atoms with Crippen molar-refractivity contribution in [2.45, 2.75) is 38.7 Å². The second-order valence-corrected chi connectivity index (χ2v) is 5.50. The van der Waals surface area contributed by atoms with Crippen molar-refractivity contribution in [1.82, 2.24) is 9.97 Å². The highest BCUT2D eigenvalue weighted by Crippen LogP contribution is 2.39. The minimum absolute atomic E-state index is 0.178. The van der Waals surface area contributed by atoms with Gasteiger partial charge in [0.2, 0.25) is 0 Å². The molecule has 4 heteroatoms. The summed E-state index contributed by atoms with van der Waals surface area (Å²) in [7, 11) is 0. The highest BCUT2D eigenvalue weighted by atomic mass is 16.5. The molecule has 1 aromatic carbocycles. The van der Waals surface area contributed by atoms with Gasteiger partial charge in [-0.2, -0.15) is 0 Å². The summed E-state index contributed by atoms with van der Waals surface area (Å²) in [6.07, 6.45) is 2.52. The molecule has 2 aromatic rings. The lowest BCUT2D eigenvalue weighted by Gasteiger charge is -2.10. The monoisotopic (exact) mass is 269 g/mol. The third kappa shape index (κ3) is 2.90. The van der Waals surface area contributed by atoms with E-state index in [-0.39, 0.29) is 6.10 Å². The van der Waals surface area contributed by atoms with Crippen LogP contribution < -0.4 is 10.5 Å². The molecule has 0 amide bonds. The van der Waals surface area contributed by atoms with Crippen molar-refractivity contribution >= 4 is 5.82 Å². The molecule has 20 heavy (non-hydrogen) atoms. The van der Waals surface area contributed by atoms with Gasteiger partial charge < -0.3 is 10.5 Å². The van der Waals surface area contributed by atoms with Crippen LogP contribution in [0.25, 0.3) is 11.3 Å². The zero-order valence-electron chi connectivity index (χ0n) is 11.8. The van der Waals surface area contributed by atoms with Crippen LogP contribution >= 0.6 is 0 Å². The molecule has 1 fully saturated rings. The molecule has 1 heterocycles. The van der Waals surface area contributed by atoms with Gasteiger partial charge in [-0.1, -0.05) is 0 Å². The van der Waals surface area contributed by atoms with E-state index in [1.54, 1.807) is 0 Å². The minimum atomic E-state index is 0.178. The second kappa shape index (κ2) is 5.12. The van der Waals surface area contributed by atoms with E-state index in [4.69, 9.17) is 10.5 Å². The van der Waals surface area contributed by atoms with E-state index < -0.39 is 0 Å². The first kappa shape index (κ1) is 12.9. The summed E-state index contributed by atoms with van der Waals surface area (Å²) in [6, 6.07) is 9.77. The number of nitrogens with two attached hydrogens (primary N) is 1. The summed E-state index contributed by atoms with van der Waals surface area (Å²) in [6.45, 7) is 4.03. The summed E-state index contributed by atoms with van der Waals surface area (Å²) in [5.74, 6) is 2.79. The van der Waals surface area contributed by atoms with Gasteiger partial charge in [-0.15, -0.1) is 0 Å². The molecule has 0 atom stereocenters. The number of nitrogens with zero attached hydrogens (tertiary/aromatic N) is 2. The van der Waals surface area contributed by atoms with Crippen LogP contribution in [-0.2, 0) is 0 Å². The van der Waals surface area contributed by atoms with Crippen LogP contribution in [-0.4, -0.2) is 16.1 Å². The number of anilines is 1. The second-order valence-electron chi connectivity index (χ2n) is 5.50. The largest absolute Gasteiger partial charge is 0.491 e. The lowest BCUT2D eigenvalue weighted by molar-refractivity contribution is 0.242. The van der Waals surface area contributed by atoms with Crippen molar-refractivity contribution in [2.24, 2.45) is 0 Å². The Morgan fingerprint density at radius 1 is 1.15 bits per heavy atom. The number of benzene rings is 1. The number of hydrogen-bond donors (Lipinski definition) is 1. The standard InChI is InChI=1S/C16H19N3O/c1-10(2)20-13-7-5-11(6-8-13)14-9-15(17)19-16(18-14)12-3-4-12/h5-10,12H,3-4H2,1-2H3,(H2,17,18,19). The zero-order chi connectivity index (χ0) is 14.1. The third-order valence-electron chi connectivity index (χ3n) is 3.23. The van der Waals surface area contributed by atoms with Crippen molar-refractivity contribution < 1.29 is 4.74 Å². The molecule has 104 valence electrons. The predicted molar refractivity (Wildman–Crippen MR) is 79.6 cm³/mol. The lowest BCUT2D eigenvalue weighted by atomic mass is 10.1. The van der Waals surface area contributed by atoms with Crippen LogP contribution in [0.3, 0.4) is 0 Å². The van der Waals surface area contributed by atoms with Gasteiger partial charge in [-0.05, 0) is 51.0 Å². The maximum atomic E-state index is 5.88. The molecule has 0 bridgehead atoms. The first-order valence-corrected chi connectivity index (χ1v) is 7.03. The van der Waals surface area contributed by atoms with Crippen molar-refractivity contribution in [3.05, 3.63) is 36.2 Å². The van der Waals surface area contributed by atoms with E-state index in [1.165, 1.54) is 12.8 Å². The first-order valence-electron chi connectivity index (χ1n) is 7.03. The van der Waals surface area contributed by atoms with Gasteiger partial charge in [0.15, 0.2) is 0 Å². The minimum Gasteiger partial charge on any atom is -0.491 e. The summed E-state index contributed by atoms with van der Waals surface area (Å²) >= 11 is 0. The molecule has 0 unspecified atom stereocenters. The maximum absolute atomic E-state index is 5.88. The smallest absolute Gasteiger partial charge is 0.134 e. The number of rotatable bonds is 4. The quantitative estimate of drug-likeness (QED) is 0.924. The molecule has 0 radical (unpaired) electrons. The molecule has 1 aliphatic carbocycles. The van der Waals surface area contributed by atoms with E-state index in [2.05, 4.69) is 9.97 Å². The Hall–Kier alpha value is -2.10. The highest BCUT2D eigenvalue weighted by molar-refractivity contribution is 5.62. The molecule has 0 aliphatic heterocycles. The van der Waals surface area contributed by atoms with Gasteiger partial charge in [0.05, 0.1) is 11.8 Å². The molecular weight excluding hydrogens is 250 g/mol. The van der Waals surface area contributed by atoms with E-state index in [0.717, 1.165) is 22.8 Å². The van der Waals surface area contributed by atoms with Gasteiger partial charge in [0.25, 0.3) is 0 Å². The lowest BCUT2D eigenvalue weighted by Crippen LogP contribution is -2.05. The highest BCUT2D eigenvalue weighted by Gasteiger charge is 2.27. The number of ether oxygens (including phenoxy) is 1. The molecule has 2 N–H and O–H groups in total. The summed E-state index contributed by atoms with van der Waals surface area (Å²) in [5, 5.41) is 0. The normalized spacial score (nSPS) is 14.6. The Bertz CT molecular complexity index is 604. The van der Waals surface area contributed by atoms with Crippen LogP contribution in [0.4, 0.5) is 5.82 Å². The van der Waals surface area contributed by atoms with E-state index in [9.17, 15) is 0 Å². The average molecular weight is 269 g/mol. The Kier molecular flexibility index (Phi) is 3.30. The number of aromatic nitrogens is 2. The molecule has 1 saturated carbocycles. The van der Waals surface area contributed by atoms with E-state index in [0.29, 0.717) is 11.7 Å². The van der Waals surface area contributed by atoms with Gasteiger partial charge >= 0.3 is 0 Å². The summed E-state index contributed by atoms with van der Waals surface area (Å²) < 4.78 is 5.64. The van der Waals surface area contributed by atoms with Gasteiger partial charge in [-0.25, -0.2) is 9.97 Å². The molecular formula is C16H19N3O. The van der Waals surface area contributed by atoms with Crippen LogP contribution in [0.5, 0.6) is 5.75 Å². The van der Waals surface area contributed by atoms with Gasteiger partial charge in [0.1, 0.15) is 17.4 Å². The van der Waals surface area contributed by atoms with Gasteiger partial charge in [-0.3, -0.25) is 0 Å². The molecule has 3 rings (SSSR count). The molecule has 1 aromatic heterocycles. The van der Waals surface area contributed by atoms with Crippen molar-refractivity contribution in [2.75, 3.05) is 5.73 Å². The van der Waals surface area contributed by atoms with E-state index >= 15 is 0 Å². The fraction of sp³-hybridized carbons (Fsp3) is 0.375. The maximum Gasteiger partial charge on any atom is 0.134 e. The summed E-state index contributed by atoms with van der Waals surface area (Å²) in [4.78, 5) is 8.94. The fourth-order valence-corrected chi connectivity index (χ4v) is 2.13. The first-order chi connectivity index (χ1) is 9.61. The molecule has 1 aliphatic rings. The van der Waals surface area contributed by atoms with Crippen molar-refractivity contribution in [3.8, 4) is 17.0 Å². The van der Waals surface area contributed by atoms with Crippen molar-refractivity contribution in [1.29, 1.82) is 0 Å². The third-order valence-corrected chi connectivity index (χ3v) is 3.23. The topological polar surface area (TPSA) is 61.0 Å². The van der Waals surface area contributed by atoms with Gasteiger partial charge in [0, 0.05) is 17.5 Å². The summed E-state index contributed by atoms with van der Waals surface area (Å²) in [5.41, 5.74) is 7.81. The molecule has 4 nitrogen and oxygen atoms in total. The Labute approximate surface area is 119 Å². The zero-order valence-corrected chi connectivity index (χ0v) is 11.8. The van der Waals surface area contributed by atoms with Crippen LogP contribution in [0, 0.1) is 0 Å². The Balaban J connectivity index is 1.88. The number of nitrogen functional groups attached to an aromatic ring is 1. The predicted octanol–water partition coefficient (Wildman–Crippen LogP) is 3.39. The number of hydrogen-bond acceptors (Lipinski definition) is 4. The Morgan fingerprint density at radius 2 is 1.85 bits per heavy atom. The van der Waals surface area contributed by atoms with Crippen LogP contribution in [0.2, 0.25) is 0 Å². The Morgan fingerprint density at radius 3 is 2.45 bits per heavy atom. The average Bonchev–Trinajstić information content (AvgIpc) is 3.22. The van der Waals surface area contributed by atoms with Crippen LogP contribution in [0.15, 0.2) is 30.3 Å². The molecule has 0 saturated heterocycles. The van der Waals surface area contributed by atoms with Crippen LogP contribution in [0.1, 0.15) is 38.4 Å². The van der Waals surface area contributed by atoms with Crippen molar-refractivity contribution in [3.63, 3.8) is 0 Å². The van der Waals surface area contributed by atoms with E-state index in [1.807, 2.05) is 44.2 Å². The SMILES string of the molecule is CC(C)Oc1ccc(-c2cc(N)nc(C3CC3)n2)cc1.